The van der Waals surface area contributed by atoms with Gasteiger partial charge in [-0.1, -0.05) is 42.1 Å². The Bertz CT molecular complexity index is 847. The van der Waals surface area contributed by atoms with Gasteiger partial charge in [-0.25, -0.2) is 4.68 Å². The van der Waals surface area contributed by atoms with E-state index in [0.717, 1.165) is 5.75 Å². The number of methoxy groups -OCH3 is 1. The van der Waals surface area contributed by atoms with Gasteiger partial charge in [-0.15, -0.1) is 10.2 Å². The van der Waals surface area contributed by atoms with Gasteiger partial charge in [0, 0.05) is 11.3 Å². The summed E-state index contributed by atoms with van der Waals surface area (Å²) in [6, 6.07) is 17.0. The van der Waals surface area contributed by atoms with E-state index in [1.165, 1.54) is 17.3 Å². The van der Waals surface area contributed by atoms with E-state index in [9.17, 15) is 4.79 Å². The molecule has 0 radical (unpaired) electrons. The molecule has 1 N–H and O–H groups in total. The van der Waals surface area contributed by atoms with E-state index in [4.69, 9.17) is 4.74 Å². The third-order valence-electron chi connectivity index (χ3n) is 3.57. The molecule has 6 nitrogen and oxygen atoms in total. The summed E-state index contributed by atoms with van der Waals surface area (Å²) in [5.41, 5.74) is 4.56. The average molecular weight is 354 g/mol. The highest BCUT2D eigenvalue weighted by molar-refractivity contribution is 7.98. The van der Waals surface area contributed by atoms with Crippen molar-refractivity contribution in [1.82, 2.24) is 14.9 Å². The molecule has 0 aliphatic rings. The van der Waals surface area contributed by atoms with Crippen LogP contribution in [0.15, 0.2) is 59.8 Å². The largest absolute Gasteiger partial charge is 0.497 e. The fourth-order valence-corrected chi connectivity index (χ4v) is 3.09. The van der Waals surface area contributed by atoms with Crippen LogP contribution in [0.4, 0.5) is 0 Å². The molecular formula is C18H18N4O2S. The first-order valence-corrected chi connectivity index (χ1v) is 8.70. The van der Waals surface area contributed by atoms with Crippen molar-refractivity contribution in [2.45, 2.75) is 17.8 Å². The predicted octanol–water partition coefficient (Wildman–Crippen LogP) is 3.27. The highest BCUT2D eigenvalue weighted by Crippen LogP contribution is 2.21. The summed E-state index contributed by atoms with van der Waals surface area (Å²) < 4.78 is 6.72. The van der Waals surface area contributed by atoms with Crippen molar-refractivity contribution >= 4 is 17.7 Å². The highest BCUT2D eigenvalue weighted by Gasteiger charge is 2.14. The number of aromatic nitrogens is 3. The lowest BCUT2D eigenvalue weighted by molar-refractivity contribution is 0.100. The number of nitrogens with one attached hydrogen (secondary N) is 1. The molecule has 0 fully saturated rings. The molecule has 1 amide bonds. The van der Waals surface area contributed by atoms with Crippen LogP contribution in [-0.2, 0) is 5.75 Å². The quantitative estimate of drug-likeness (QED) is 0.688. The Morgan fingerprint density at radius 1 is 1.12 bits per heavy atom. The van der Waals surface area contributed by atoms with Crippen LogP contribution in [0, 0.1) is 6.92 Å². The van der Waals surface area contributed by atoms with E-state index < -0.39 is 0 Å². The van der Waals surface area contributed by atoms with Crippen molar-refractivity contribution in [3.8, 4) is 5.75 Å². The van der Waals surface area contributed by atoms with Gasteiger partial charge in [0.25, 0.3) is 5.91 Å². The first-order chi connectivity index (χ1) is 12.2. The van der Waals surface area contributed by atoms with E-state index in [0.29, 0.717) is 22.3 Å². The van der Waals surface area contributed by atoms with Crippen molar-refractivity contribution < 1.29 is 9.53 Å². The van der Waals surface area contributed by atoms with Gasteiger partial charge >= 0.3 is 0 Å². The van der Waals surface area contributed by atoms with Crippen molar-refractivity contribution in [2.75, 3.05) is 12.5 Å². The second kappa shape index (κ2) is 7.85. The first kappa shape index (κ1) is 17.0. The van der Waals surface area contributed by atoms with Gasteiger partial charge in [-0.3, -0.25) is 10.2 Å². The topological polar surface area (TPSA) is 69.0 Å². The van der Waals surface area contributed by atoms with Crippen molar-refractivity contribution in [1.29, 1.82) is 0 Å². The molecule has 0 aliphatic carbocycles. The number of carbonyl (C=O) groups excluding carboxylic acids is 1. The Labute approximate surface area is 150 Å². The predicted molar refractivity (Wildman–Crippen MR) is 97.4 cm³/mol. The van der Waals surface area contributed by atoms with Crippen LogP contribution in [-0.4, -0.2) is 27.9 Å². The average Bonchev–Trinajstić information content (AvgIpc) is 3.00. The summed E-state index contributed by atoms with van der Waals surface area (Å²) in [4.78, 5) is 12.5. The molecule has 0 atom stereocenters. The molecule has 25 heavy (non-hydrogen) atoms. The lowest BCUT2D eigenvalue weighted by Crippen LogP contribution is -2.24. The van der Waals surface area contributed by atoms with Gasteiger partial charge in [0.15, 0.2) is 0 Å². The second-order valence-electron chi connectivity index (χ2n) is 5.31. The zero-order valence-electron chi connectivity index (χ0n) is 14.0. The Morgan fingerprint density at radius 3 is 2.52 bits per heavy atom. The zero-order chi connectivity index (χ0) is 17.6. The zero-order valence-corrected chi connectivity index (χ0v) is 14.8. The van der Waals surface area contributed by atoms with Crippen LogP contribution < -0.4 is 10.2 Å². The number of rotatable bonds is 6. The van der Waals surface area contributed by atoms with Crippen LogP contribution >= 0.6 is 11.8 Å². The van der Waals surface area contributed by atoms with Crippen LogP contribution in [0.3, 0.4) is 0 Å². The Balaban J connectivity index is 1.71. The fraction of sp³-hybridized carbons (Fsp3) is 0.167. The van der Waals surface area contributed by atoms with Gasteiger partial charge in [0.2, 0.25) is 5.16 Å². The number of nitrogens with zero attached hydrogens (tertiary/aromatic N) is 3. The van der Waals surface area contributed by atoms with E-state index >= 15 is 0 Å². The molecule has 0 unspecified atom stereocenters. The molecule has 7 heteroatoms. The van der Waals surface area contributed by atoms with Crippen LogP contribution in [0.5, 0.6) is 5.75 Å². The lowest BCUT2D eigenvalue weighted by atomic mass is 10.2. The first-order valence-electron chi connectivity index (χ1n) is 7.71. The number of hydrogen-bond donors (Lipinski definition) is 1. The smallest absolute Gasteiger partial charge is 0.270 e. The molecule has 0 saturated carbocycles. The van der Waals surface area contributed by atoms with Crippen molar-refractivity contribution in [3.63, 3.8) is 0 Å². The summed E-state index contributed by atoms with van der Waals surface area (Å²) in [5, 5.41) is 8.85. The molecular weight excluding hydrogens is 336 g/mol. The minimum atomic E-state index is -0.230. The SMILES string of the molecule is COc1ccc(C(=O)Nn2c(C)nnc2SCc2ccccc2)cc1. The molecule has 2 aromatic carbocycles. The summed E-state index contributed by atoms with van der Waals surface area (Å²) in [6.07, 6.45) is 0. The maximum atomic E-state index is 12.5. The summed E-state index contributed by atoms with van der Waals surface area (Å²) in [5.74, 6) is 1.85. The second-order valence-corrected chi connectivity index (χ2v) is 6.25. The summed E-state index contributed by atoms with van der Waals surface area (Å²) in [6.45, 7) is 1.80. The van der Waals surface area contributed by atoms with Crippen molar-refractivity contribution in [3.05, 3.63) is 71.5 Å². The fourth-order valence-electron chi connectivity index (χ4n) is 2.20. The third kappa shape index (κ3) is 4.19. The molecule has 0 bridgehead atoms. The van der Waals surface area contributed by atoms with E-state index in [1.54, 1.807) is 43.0 Å². The number of thioether (sulfide) groups is 1. The Morgan fingerprint density at radius 2 is 1.84 bits per heavy atom. The maximum absolute atomic E-state index is 12.5. The number of benzene rings is 2. The van der Waals surface area contributed by atoms with Crippen LogP contribution in [0.2, 0.25) is 0 Å². The summed E-state index contributed by atoms with van der Waals surface area (Å²) >= 11 is 1.52. The molecule has 3 aromatic rings. The molecule has 1 heterocycles. The van der Waals surface area contributed by atoms with E-state index in [2.05, 4.69) is 27.8 Å². The van der Waals surface area contributed by atoms with Gasteiger partial charge < -0.3 is 4.74 Å². The molecule has 128 valence electrons. The van der Waals surface area contributed by atoms with Crippen molar-refractivity contribution in [2.24, 2.45) is 0 Å². The molecule has 1 aromatic heterocycles. The minimum absolute atomic E-state index is 0.230. The molecule has 0 aliphatic heterocycles. The van der Waals surface area contributed by atoms with E-state index in [-0.39, 0.29) is 5.91 Å². The van der Waals surface area contributed by atoms with E-state index in [1.807, 2.05) is 18.2 Å². The number of amides is 1. The highest BCUT2D eigenvalue weighted by atomic mass is 32.2. The van der Waals surface area contributed by atoms with Gasteiger partial charge in [-0.05, 0) is 36.8 Å². The van der Waals surface area contributed by atoms with Crippen LogP contribution in [0.1, 0.15) is 21.7 Å². The third-order valence-corrected chi connectivity index (χ3v) is 4.57. The van der Waals surface area contributed by atoms with Gasteiger partial charge in [0.1, 0.15) is 11.6 Å². The summed E-state index contributed by atoms with van der Waals surface area (Å²) in [7, 11) is 1.59. The number of hydrogen-bond acceptors (Lipinski definition) is 5. The van der Waals surface area contributed by atoms with Gasteiger partial charge in [-0.2, -0.15) is 0 Å². The minimum Gasteiger partial charge on any atom is -0.497 e. The monoisotopic (exact) mass is 354 g/mol. The Hall–Kier alpha value is -2.80. The number of aryl methyl sites for hydroxylation is 1. The normalized spacial score (nSPS) is 10.5. The molecule has 3 rings (SSSR count). The number of ether oxygens (including phenoxy) is 1. The van der Waals surface area contributed by atoms with Crippen LogP contribution in [0.25, 0.3) is 0 Å². The van der Waals surface area contributed by atoms with Gasteiger partial charge in [0.05, 0.1) is 7.11 Å². The maximum Gasteiger partial charge on any atom is 0.270 e. The number of carbonyl (C=O) groups is 1. The lowest BCUT2D eigenvalue weighted by Gasteiger charge is -2.10. The molecule has 0 spiro atoms. The standard InChI is InChI=1S/C18H18N4O2S/c1-13-19-20-18(25-12-14-6-4-3-5-7-14)22(13)21-17(23)15-8-10-16(24-2)11-9-15/h3-11H,12H2,1-2H3,(H,21,23). The Kier molecular flexibility index (Phi) is 5.35. The molecule has 0 saturated heterocycles.